The molecule has 21 heavy (non-hydrogen) atoms. The van der Waals surface area contributed by atoms with Gasteiger partial charge in [-0.25, -0.2) is 0 Å². The number of hydrogen-bond donors (Lipinski definition) is 2. The van der Waals surface area contributed by atoms with Crippen molar-refractivity contribution in [2.24, 2.45) is 11.8 Å². The van der Waals surface area contributed by atoms with Crippen molar-refractivity contribution < 1.29 is 14.7 Å². The third kappa shape index (κ3) is 5.76. The number of aliphatic carboxylic acids is 1. The van der Waals surface area contributed by atoms with E-state index in [1.165, 1.54) is 0 Å². The molecule has 0 saturated heterocycles. The van der Waals surface area contributed by atoms with Crippen LogP contribution in [-0.2, 0) is 9.59 Å². The fourth-order valence-electron chi connectivity index (χ4n) is 2.26. The highest BCUT2D eigenvalue weighted by Gasteiger charge is 2.24. The summed E-state index contributed by atoms with van der Waals surface area (Å²) in [6.45, 7) is 6.14. The molecule has 4 nitrogen and oxygen atoms in total. The van der Waals surface area contributed by atoms with Crippen molar-refractivity contribution >= 4 is 23.5 Å². The van der Waals surface area contributed by atoms with Crippen molar-refractivity contribution in [3.05, 3.63) is 34.9 Å². The molecule has 0 aliphatic rings. The number of hydrogen-bond acceptors (Lipinski definition) is 2. The molecule has 0 radical (unpaired) electrons. The summed E-state index contributed by atoms with van der Waals surface area (Å²) in [6.07, 6.45) is 0.0492. The Morgan fingerprint density at radius 2 is 1.76 bits per heavy atom. The van der Waals surface area contributed by atoms with Crippen molar-refractivity contribution in [2.75, 3.05) is 6.54 Å². The Labute approximate surface area is 130 Å². The Hall–Kier alpha value is -1.55. The maximum absolute atomic E-state index is 12.4. The van der Waals surface area contributed by atoms with E-state index in [2.05, 4.69) is 5.32 Å². The summed E-state index contributed by atoms with van der Waals surface area (Å²) in [5, 5.41) is 12.2. The van der Waals surface area contributed by atoms with Gasteiger partial charge in [-0.15, -0.1) is 0 Å². The van der Waals surface area contributed by atoms with Gasteiger partial charge in [-0.05, 0) is 29.5 Å². The maximum Gasteiger partial charge on any atom is 0.303 e. The molecule has 1 aromatic rings. The van der Waals surface area contributed by atoms with Gasteiger partial charge in [0.15, 0.2) is 0 Å². The Balaban J connectivity index is 2.70. The lowest BCUT2D eigenvalue weighted by Gasteiger charge is -2.22. The van der Waals surface area contributed by atoms with Crippen LogP contribution in [0.25, 0.3) is 0 Å². The van der Waals surface area contributed by atoms with Gasteiger partial charge >= 0.3 is 5.97 Å². The molecule has 0 spiro atoms. The second kappa shape index (κ2) is 8.03. The standard InChI is InChI=1S/C16H22ClNO3/c1-10(2)15(12-4-6-13(17)7-5-12)16(21)18-9-11(3)8-14(19)20/h4-7,10-11,15H,8-9H2,1-3H3,(H,18,21)(H,19,20). The molecule has 0 heterocycles. The topological polar surface area (TPSA) is 66.4 Å². The van der Waals surface area contributed by atoms with Crippen LogP contribution in [0.1, 0.15) is 38.7 Å². The van der Waals surface area contributed by atoms with E-state index >= 15 is 0 Å². The van der Waals surface area contributed by atoms with Crippen molar-refractivity contribution in [1.29, 1.82) is 0 Å². The molecule has 0 aromatic heterocycles. The molecule has 2 N–H and O–H groups in total. The van der Waals surface area contributed by atoms with E-state index in [1.54, 1.807) is 19.1 Å². The molecule has 5 heteroatoms. The van der Waals surface area contributed by atoms with E-state index in [1.807, 2.05) is 26.0 Å². The molecule has 1 aromatic carbocycles. The Bertz CT molecular complexity index is 485. The molecule has 0 aliphatic heterocycles. The number of carbonyl (C=O) groups is 2. The van der Waals surface area contributed by atoms with Crippen LogP contribution in [0.2, 0.25) is 5.02 Å². The zero-order chi connectivity index (χ0) is 16.0. The third-order valence-electron chi connectivity index (χ3n) is 3.33. The lowest BCUT2D eigenvalue weighted by molar-refractivity contribution is -0.138. The number of halogens is 1. The normalized spacial score (nSPS) is 13.8. The first kappa shape index (κ1) is 17.5. The lowest BCUT2D eigenvalue weighted by Crippen LogP contribution is -2.35. The Morgan fingerprint density at radius 1 is 1.19 bits per heavy atom. The van der Waals surface area contributed by atoms with Crippen LogP contribution in [0.5, 0.6) is 0 Å². The number of carboxylic acids is 1. The minimum Gasteiger partial charge on any atom is -0.481 e. The average molecular weight is 312 g/mol. The monoisotopic (exact) mass is 311 g/mol. The number of benzene rings is 1. The zero-order valence-electron chi connectivity index (χ0n) is 12.6. The van der Waals surface area contributed by atoms with Crippen molar-refractivity contribution in [1.82, 2.24) is 5.32 Å². The molecule has 1 amide bonds. The van der Waals surface area contributed by atoms with Gasteiger partial charge in [0.25, 0.3) is 0 Å². The smallest absolute Gasteiger partial charge is 0.303 e. The number of carboxylic acid groups (broad SMARTS) is 1. The molecule has 1 rings (SSSR count). The van der Waals surface area contributed by atoms with Gasteiger partial charge in [-0.1, -0.05) is 44.5 Å². The van der Waals surface area contributed by atoms with E-state index in [9.17, 15) is 9.59 Å². The van der Waals surface area contributed by atoms with Crippen LogP contribution in [0.4, 0.5) is 0 Å². The van der Waals surface area contributed by atoms with Gasteiger partial charge in [0.05, 0.1) is 5.92 Å². The van der Waals surface area contributed by atoms with Gasteiger partial charge < -0.3 is 10.4 Å². The first-order valence-corrected chi connectivity index (χ1v) is 7.44. The Kier molecular flexibility index (Phi) is 6.69. The van der Waals surface area contributed by atoms with Crippen LogP contribution in [0.15, 0.2) is 24.3 Å². The molecular weight excluding hydrogens is 290 g/mol. The highest BCUT2D eigenvalue weighted by Crippen LogP contribution is 2.26. The molecule has 0 bridgehead atoms. The minimum absolute atomic E-state index is 0.0492. The summed E-state index contributed by atoms with van der Waals surface area (Å²) in [4.78, 5) is 23.0. The number of rotatable bonds is 7. The van der Waals surface area contributed by atoms with Gasteiger partial charge in [-0.3, -0.25) is 9.59 Å². The van der Waals surface area contributed by atoms with E-state index < -0.39 is 5.97 Å². The van der Waals surface area contributed by atoms with Crippen LogP contribution < -0.4 is 5.32 Å². The summed E-state index contributed by atoms with van der Waals surface area (Å²) in [6, 6.07) is 7.25. The SMILES string of the molecule is CC(CNC(=O)C(c1ccc(Cl)cc1)C(C)C)CC(=O)O. The molecule has 0 aliphatic carbocycles. The summed E-state index contributed by atoms with van der Waals surface area (Å²) in [5.41, 5.74) is 0.915. The van der Waals surface area contributed by atoms with Gasteiger partial charge in [0.1, 0.15) is 0 Å². The van der Waals surface area contributed by atoms with Crippen LogP contribution in [-0.4, -0.2) is 23.5 Å². The van der Waals surface area contributed by atoms with E-state index in [-0.39, 0.29) is 30.1 Å². The second-order valence-corrected chi connectivity index (χ2v) is 6.16. The number of nitrogens with one attached hydrogen (secondary N) is 1. The van der Waals surface area contributed by atoms with Crippen LogP contribution in [0, 0.1) is 11.8 Å². The van der Waals surface area contributed by atoms with E-state index in [0.717, 1.165) is 5.56 Å². The van der Waals surface area contributed by atoms with E-state index in [0.29, 0.717) is 11.6 Å². The molecular formula is C16H22ClNO3. The minimum atomic E-state index is -0.852. The fourth-order valence-corrected chi connectivity index (χ4v) is 2.39. The lowest BCUT2D eigenvalue weighted by atomic mass is 9.87. The average Bonchev–Trinajstić information content (AvgIpc) is 2.38. The van der Waals surface area contributed by atoms with Crippen molar-refractivity contribution in [3.63, 3.8) is 0 Å². The van der Waals surface area contributed by atoms with E-state index in [4.69, 9.17) is 16.7 Å². The first-order valence-electron chi connectivity index (χ1n) is 7.06. The highest BCUT2D eigenvalue weighted by atomic mass is 35.5. The number of amides is 1. The quantitative estimate of drug-likeness (QED) is 0.812. The predicted octanol–water partition coefficient (Wildman–Crippen LogP) is 3.31. The molecule has 0 fully saturated rings. The van der Waals surface area contributed by atoms with Crippen molar-refractivity contribution in [3.8, 4) is 0 Å². The Morgan fingerprint density at radius 3 is 2.24 bits per heavy atom. The number of carbonyl (C=O) groups excluding carboxylic acids is 1. The zero-order valence-corrected chi connectivity index (χ0v) is 13.4. The predicted molar refractivity (Wildman–Crippen MR) is 83.5 cm³/mol. The first-order chi connectivity index (χ1) is 9.81. The summed E-state index contributed by atoms with van der Waals surface area (Å²) < 4.78 is 0. The van der Waals surface area contributed by atoms with Crippen molar-refractivity contribution in [2.45, 2.75) is 33.1 Å². The summed E-state index contributed by atoms with van der Waals surface area (Å²) in [5.74, 6) is -1.15. The highest BCUT2D eigenvalue weighted by molar-refractivity contribution is 6.30. The summed E-state index contributed by atoms with van der Waals surface area (Å²) in [7, 11) is 0. The van der Waals surface area contributed by atoms with Gasteiger partial charge in [0, 0.05) is 18.0 Å². The maximum atomic E-state index is 12.4. The van der Waals surface area contributed by atoms with Crippen LogP contribution in [0.3, 0.4) is 0 Å². The van der Waals surface area contributed by atoms with Gasteiger partial charge in [0.2, 0.25) is 5.91 Å². The fraction of sp³-hybridized carbons (Fsp3) is 0.500. The third-order valence-corrected chi connectivity index (χ3v) is 3.58. The largest absolute Gasteiger partial charge is 0.481 e. The van der Waals surface area contributed by atoms with Gasteiger partial charge in [-0.2, -0.15) is 0 Å². The molecule has 116 valence electrons. The summed E-state index contributed by atoms with van der Waals surface area (Å²) >= 11 is 5.87. The molecule has 2 atom stereocenters. The van der Waals surface area contributed by atoms with Crippen LogP contribution >= 0.6 is 11.6 Å². The molecule has 2 unspecified atom stereocenters. The molecule has 0 saturated carbocycles. The second-order valence-electron chi connectivity index (χ2n) is 5.72.